The van der Waals surface area contributed by atoms with Gasteiger partial charge in [-0.25, -0.2) is 4.98 Å². The predicted molar refractivity (Wildman–Crippen MR) is 132 cm³/mol. The molecule has 1 N–H and O–H groups in total. The molecule has 2 aromatic heterocycles. The zero-order chi connectivity index (χ0) is 25.7. The van der Waals surface area contributed by atoms with E-state index >= 15 is 0 Å². The van der Waals surface area contributed by atoms with Crippen LogP contribution in [-0.2, 0) is 4.79 Å². The van der Waals surface area contributed by atoms with Crippen molar-refractivity contribution in [1.82, 2.24) is 4.98 Å². The molecule has 10 nitrogen and oxygen atoms in total. The van der Waals surface area contributed by atoms with Crippen molar-refractivity contribution in [3.05, 3.63) is 92.6 Å². The molecular weight excluding hydrogens is 486 g/mol. The third-order valence-electron chi connectivity index (χ3n) is 5.93. The maximum Gasteiger partial charge on any atom is 0.296 e. The maximum absolute atomic E-state index is 13.6. The number of anilines is 1. The van der Waals surface area contributed by atoms with Gasteiger partial charge < -0.3 is 14.3 Å². The number of nitro groups is 1. The molecule has 0 aliphatic carbocycles. The minimum atomic E-state index is -1.15. The Morgan fingerprint density at radius 1 is 1.22 bits per heavy atom. The molecule has 1 aliphatic heterocycles. The number of Topliss-reactive ketones (excluding diaryl/α,β-unsaturated/α-hetero) is 1. The quantitative estimate of drug-likeness (QED) is 0.214. The number of fused-ring (bicyclic) bond motifs is 1. The van der Waals surface area contributed by atoms with E-state index in [1.54, 1.807) is 38.1 Å². The first kappa shape index (κ1) is 23.2. The van der Waals surface area contributed by atoms with Crippen LogP contribution in [0.2, 0.25) is 0 Å². The van der Waals surface area contributed by atoms with Crippen LogP contribution in [0.15, 0.2) is 64.3 Å². The fraction of sp³-hybridized carbons (Fsp3) is 0.160. The Kier molecular flexibility index (Phi) is 5.56. The van der Waals surface area contributed by atoms with Crippen LogP contribution >= 0.6 is 11.3 Å². The number of aliphatic hydroxyl groups is 1. The summed E-state index contributed by atoms with van der Waals surface area (Å²) in [5.74, 6) is -0.775. The van der Waals surface area contributed by atoms with Gasteiger partial charge in [-0.05, 0) is 43.7 Å². The largest absolute Gasteiger partial charge is 0.503 e. The second-order valence-electron chi connectivity index (χ2n) is 8.18. The van der Waals surface area contributed by atoms with Gasteiger partial charge in [0.15, 0.2) is 16.7 Å². The van der Waals surface area contributed by atoms with Crippen molar-refractivity contribution in [2.24, 2.45) is 0 Å². The molecule has 182 valence electrons. The highest BCUT2D eigenvalue weighted by molar-refractivity contribution is 7.22. The van der Waals surface area contributed by atoms with Gasteiger partial charge in [-0.1, -0.05) is 23.5 Å². The third-order valence-corrected chi connectivity index (χ3v) is 6.94. The molecule has 0 radical (unpaired) electrons. The molecule has 11 heteroatoms. The number of thiazole rings is 1. The van der Waals surface area contributed by atoms with E-state index in [0.717, 1.165) is 4.70 Å². The van der Waals surface area contributed by atoms with Gasteiger partial charge in [-0.15, -0.1) is 0 Å². The molecule has 4 aromatic rings. The van der Waals surface area contributed by atoms with Gasteiger partial charge in [-0.3, -0.25) is 24.6 Å². The van der Waals surface area contributed by atoms with Gasteiger partial charge in [0.1, 0.15) is 17.3 Å². The molecular formula is C25H19N3O7S. The first-order valence-corrected chi connectivity index (χ1v) is 11.6. The molecule has 5 rings (SSSR count). The predicted octanol–water partition coefficient (Wildman–Crippen LogP) is 5.21. The summed E-state index contributed by atoms with van der Waals surface area (Å²) in [6.07, 6.45) is 0. The fourth-order valence-corrected chi connectivity index (χ4v) is 5.30. The number of ether oxygens (including phenoxy) is 1. The Morgan fingerprint density at radius 3 is 2.67 bits per heavy atom. The van der Waals surface area contributed by atoms with E-state index in [2.05, 4.69) is 4.98 Å². The van der Waals surface area contributed by atoms with Crippen LogP contribution in [0.5, 0.6) is 5.75 Å². The van der Waals surface area contributed by atoms with Crippen molar-refractivity contribution in [3.8, 4) is 5.75 Å². The van der Waals surface area contributed by atoms with E-state index in [1.807, 2.05) is 0 Å². The SMILES string of the molecule is COc1ccc2nc(N3C(=O)C(O)=C(C(=O)c4cc(C)oc4C)C3c3cccc([N+](=O)[O-])c3)sc2c1. The first-order valence-electron chi connectivity index (χ1n) is 10.8. The summed E-state index contributed by atoms with van der Waals surface area (Å²) in [5, 5.41) is 22.6. The number of ketones is 1. The van der Waals surface area contributed by atoms with E-state index in [9.17, 15) is 24.8 Å². The lowest BCUT2D eigenvalue weighted by molar-refractivity contribution is -0.384. The number of rotatable bonds is 6. The second-order valence-corrected chi connectivity index (χ2v) is 9.19. The molecule has 36 heavy (non-hydrogen) atoms. The van der Waals surface area contributed by atoms with Crippen molar-refractivity contribution in [2.75, 3.05) is 12.0 Å². The first-order chi connectivity index (χ1) is 17.2. The summed E-state index contributed by atoms with van der Waals surface area (Å²) >= 11 is 1.17. The average molecular weight is 506 g/mol. The highest BCUT2D eigenvalue weighted by atomic mass is 32.1. The van der Waals surface area contributed by atoms with E-state index in [0.29, 0.717) is 22.8 Å². The van der Waals surface area contributed by atoms with Crippen molar-refractivity contribution in [1.29, 1.82) is 0 Å². The van der Waals surface area contributed by atoms with Crippen LogP contribution < -0.4 is 9.64 Å². The van der Waals surface area contributed by atoms with Crippen molar-refractivity contribution in [2.45, 2.75) is 19.9 Å². The Morgan fingerprint density at radius 2 is 2.00 bits per heavy atom. The molecule has 0 fully saturated rings. The highest BCUT2D eigenvalue weighted by Crippen LogP contribution is 2.45. The monoisotopic (exact) mass is 505 g/mol. The minimum absolute atomic E-state index is 0.188. The lowest BCUT2D eigenvalue weighted by Gasteiger charge is -2.24. The zero-order valence-electron chi connectivity index (χ0n) is 19.3. The van der Waals surface area contributed by atoms with Crippen LogP contribution in [0.3, 0.4) is 0 Å². The normalized spacial score (nSPS) is 15.7. The van der Waals surface area contributed by atoms with Gasteiger partial charge in [0, 0.05) is 12.1 Å². The van der Waals surface area contributed by atoms with Crippen LogP contribution in [0.1, 0.15) is 33.5 Å². The summed E-state index contributed by atoms with van der Waals surface area (Å²) < 4.78 is 11.5. The van der Waals surface area contributed by atoms with Crippen LogP contribution in [0, 0.1) is 24.0 Å². The summed E-state index contributed by atoms with van der Waals surface area (Å²) in [6, 6.07) is 11.2. The molecule has 3 heterocycles. The van der Waals surface area contributed by atoms with Gasteiger partial charge in [0.05, 0.1) is 39.4 Å². The smallest absolute Gasteiger partial charge is 0.296 e. The summed E-state index contributed by atoms with van der Waals surface area (Å²) in [5.41, 5.74) is 0.624. The number of aromatic nitrogens is 1. The van der Waals surface area contributed by atoms with Crippen molar-refractivity contribution >= 4 is 44.1 Å². The molecule has 1 atom stereocenters. The molecule has 2 aromatic carbocycles. The number of nitrogens with zero attached hydrogens (tertiary/aromatic N) is 3. The number of methoxy groups -OCH3 is 1. The number of aryl methyl sites for hydroxylation is 2. The minimum Gasteiger partial charge on any atom is -0.503 e. The van der Waals surface area contributed by atoms with Crippen LogP contribution in [-0.4, -0.2) is 33.8 Å². The Balaban J connectivity index is 1.70. The Bertz CT molecular complexity index is 1600. The molecule has 1 unspecified atom stereocenters. The van der Waals surface area contributed by atoms with Crippen molar-refractivity contribution in [3.63, 3.8) is 0 Å². The summed E-state index contributed by atoms with van der Waals surface area (Å²) in [4.78, 5) is 43.7. The Labute approximate surface area is 208 Å². The number of carbonyl (C=O) groups excluding carboxylic acids is 2. The standard InChI is InChI=1S/C25H19N3O7S/c1-12-9-17(13(2)35-12)22(29)20-21(14-5-4-6-15(10-14)28(32)33)27(24(31)23(20)30)25-26-18-8-7-16(34-3)11-19(18)36-25/h4-11,21,30H,1-3H3. The number of hydrogen-bond donors (Lipinski definition) is 1. The topological polar surface area (TPSA) is 136 Å². The number of nitro benzene ring substituents is 1. The molecule has 0 spiro atoms. The van der Waals surface area contributed by atoms with Gasteiger partial charge in [0.2, 0.25) is 0 Å². The molecule has 1 aliphatic rings. The summed E-state index contributed by atoms with van der Waals surface area (Å²) in [6.45, 7) is 3.28. The summed E-state index contributed by atoms with van der Waals surface area (Å²) in [7, 11) is 1.53. The zero-order valence-corrected chi connectivity index (χ0v) is 20.2. The lowest BCUT2D eigenvalue weighted by atomic mass is 9.92. The number of amides is 1. The molecule has 0 saturated carbocycles. The average Bonchev–Trinajstić information content (AvgIpc) is 3.51. The number of hydrogen-bond acceptors (Lipinski definition) is 9. The van der Waals surface area contributed by atoms with E-state index < -0.39 is 28.4 Å². The maximum atomic E-state index is 13.6. The van der Waals surface area contributed by atoms with Gasteiger partial charge in [-0.2, -0.15) is 0 Å². The number of furan rings is 1. The Hall–Kier alpha value is -4.51. The number of non-ortho nitro benzene ring substituents is 1. The van der Waals surface area contributed by atoms with Gasteiger partial charge in [0.25, 0.3) is 11.6 Å². The van der Waals surface area contributed by atoms with Crippen LogP contribution in [0.25, 0.3) is 10.2 Å². The van der Waals surface area contributed by atoms with E-state index in [-0.39, 0.29) is 27.5 Å². The molecule has 1 amide bonds. The van der Waals surface area contributed by atoms with Crippen LogP contribution in [0.4, 0.5) is 10.8 Å². The lowest BCUT2D eigenvalue weighted by Crippen LogP contribution is -2.31. The third kappa shape index (κ3) is 3.69. The fourth-order valence-electron chi connectivity index (χ4n) is 4.28. The second kappa shape index (κ2) is 8.61. The van der Waals surface area contributed by atoms with E-state index in [1.165, 1.54) is 47.6 Å². The number of carbonyl (C=O) groups is 2. The number of aliphatic hydroxyl groups excluding tert-OH is 1. The number of benzene rings is 2. The molecule has 0 saturated heterocycles. The van der Waals surface area contributed by atoms with E-state index in [4.69, 9.17) is 9.15 Å². The van der Waals surface area contributed by atoms with Gasteiger partial charge >= 0.3 is 0 Å². The highest BCUT2D eigenvalue weighted by Gasteiger charge is 2.46. The molecule has 0 bridgehead atoms. The van der Waals surface area contributed by atoms with Crippen molar-refractivity contribution < 1.29 is 28.8 Å².